The highest BCUT2D eigenvalue weighted by molar-refractivity contribution is 5.07. The molecule has 0 bridgehead atoms. The fourth-order valence-electron chi connectivity index (χ4n) is 2.08. The van der Waals surface area contributed by atoms with E-state index in [2.05, 4.69) is 19.9 Å². The van der Waals surface area contributed by atoms with Gasteiger partial charge in [0.25, 0.3) is 0 Å². The molecule has 0 saturated heterocycles. The summed E-state index contributed by atoms with van der Waals surface area (Å²) in [5.74, 6) is 0.925. The van der Waals surface area contributed by atoms with Crippen molar-refractivity contribution >= 4 is 0 Å². The Morgan fingerprint density at radius 3 is 2.92 bits per heavy atom. The number of unbranched alkanes of at least 4 members (excludes halogenated alkanes) is 1. The molecule has 1 atom stereocenters. The fraction of sp³-hybridized carbons (Fsp3) is 0.833. The van der Waals surface area contributed by atoms with Crippen LogP contribution in [-0.4, -0.2) is 0 Å². The maximum atomic E-state index is 2.55. The largest absolute Gasteiger partial charge is 0.0822 e. The van der Waals surface area contributed by atoms with E-state index in [1.165, 1.54) is 44.9 Å². The molecule has 12 heavy (non-hydrogen) atoms. The lowest BCUT2D eigenvalue weighted by Crippen LogP contribution is -2.04. The van der Waals surface area contributed by atoms with Crippen molar-refractivity contribution in [2.45, 2.75) is 58.8 Å². The summed E-state index contributed by atoms with van der Waals surface area (Å²) in [4.78, 5) is 0. The summed E-state index contributed by atoms with van der Waals surface area (Å²) in [7, 11) is 0. The summed E-state index contributed by atoms with van der Waals surface area (Å²) < 4.78 is 0. The second kappa shape index (κ2) is 5.40. The highest BCUT2D eigenvalue weighted by Gasteiger charge is 2.11. The molecule has 0 radical (unpaired) electrons. The Hall–Kier alpha value is -0.260. The topological polar surface area (TPSA) is 0 Å². The Labute approximate surface area is 77.1 Å². The SMILES string of the molecule is CCCCC1C=C(CC)CCC1. The Balaban J connectivity index is 2.33. The molecule has 0 amide bonds. The van der Waals surface area contributed by atoms with Gasteiger partial charge in [0.05, 0.1) is 0 Å². The first kappa shape index (κ1) is 9.83. The summed E-state index contributed by atoms with van der Waals surface area (Å²) >= 11 is 0. The van der Waals surface area contributed by atoms with Gasteiger partial charge in [0, 0.05) is 0 Å². The molecular formula is C12H22. The molecule has 70 valence electrons. The lowest BCUT2D eigenvalue weighted by atomic mass is 9.86. The molecule has 0 saturated carbocycles. The van der Waals surface area contributed by atoms with Crippen molar-refractivity contribution in [2.24, 2.45) is 5.92 Å². The van der Waals surface area contributed by atoms with E-state index in [-0.39, 0.29) is 0 Å². The number of hydrogen-bond acceptors (Lipinski definition) is 0. The molecule has 1 aliphatic carbocycles. The lowest BCUT2D eigenvalue weighted by molar-refractivity contribution is 0.473. The molecule has 0 heterocycles. The minimum atomic E-state index is 0.925. The van der Waals surface area contributed by atoms with E-state index in [0.29, 0.717) is 0 Å². The molecule has 0 heteroatoms. The molecular weight excluding hydrogens is 144 g/mol. The van der Waals surface area contributed by atoms with Crippen LogP contribution in [0.1, 0.15) is 58.8 Å². The number of rotatable bonds is 4. The van der Waals surface area contributed by atoms with Crippen molar-refractivity contribution in [3.05, 3.63) is 11.6 Å². The van der Waals surface area contributed by atoms with Crippen LogP contribution in [0, 0.1) is 5.92 Å². The Bertz CT molecular complexity index is 144. The average molecular weight is 166 g/mol. The van der Waals surface area contributed by atoms with E-state index in [9.17, 15) is 0 Å². The van der Waals surface area contributed by atoms with Crippen LogP contribution in [0.25, 0.3) is 0 Å². The third-order valence-corrected chi connectivity index (χ3v) is 2.93. The predicted molar refractivity (Wildman–Crippen MR) is 55.2 cm³/mol. The minimum Gasteiger partial charge on any atom is -0.0822 e. The second-order valence-electron chi connectivity index (χ2n) is 3.97. The van der Waals surface area contributed by atoms with Crippen LogP contribution in [0.2, 0.25) is 0 Å². The number of hydrogen-bond donors (Lipinski definition) is 0. The summed E-state index contributed by atoms with van der Waals surface area (Å²) in [6, 6.07) is 0. The normalized spacial score (nSPS) is 23.8. The van der Waals surface area contributed by atoms with Gasteiger partial charge in [0.2, 0.25) is 0 Å². The smallest absolute Gasteiger partial charge is 0.0231 e. The van der Waals surface area contributed by atoms with E-state index >= 15 is 0 Å². The van der Waals surface area contributed by atoms with Crippen molar-refractivity contribution in [1.82, 2.24) is 0 Å². The van der Waals surface area contributed by atoms with Gasteiger partial charge in [-0.25, -0.2) is 0 Å². The maximum Gasteiger partial charge on any atom is -0.0231 e. The van der Waals surface area contributed by atoms with E-state index in [0.717, 1.165) is 5.92 Å². The van der Waals surface area contributed by atoms with Crippen LogP contribution in [0.15, 0.2) is 11.6 Å². The summed E-state index contributed by atoms with van der Waals surface area (Å²) in [6.07, 6.45) is 12.3. The molecule has 0 nitrogen and oxygen atoms in total. The summed E-state index contributed by atoms with van der Waals surface area (Å²) in [5, 5.41) is 0. The zero-order valence-electron chi connectivity index (χ0n) is 8.60. The first-order chi connectivity index (χ1) is 5.86. The first-order valence-electron chi connectivity index (χ1n) is 5.56. The average Bonchev–Trinajstić information content (AvgIpc) is 2.15. The van der Waals surface area contributed by atoms with E-state index in [1.807, 2.05) is 0 Å². The molecule has 0 aromatic rings. The number of allylic oxidation sites excluding steroid dienone is 2. The van der Waals surface area contributed by atoms with Crippen LogP contribution < -0.4 is 0 Å². The molecule has 0 aliphatic heterocycles. The quantitative estimate of drug-likeness (QED) is 0.546. The Morgan fingerprint density at radius 1 is 1.42 bits per heavy atom. The molecule has 0 aromatic carbocycles. The van der Waals surface area contributed by atoms with E-state index in [4.69, 9.17) is 0 Å². The molecule has 0 aromatic heterocycles. The van der Waals surface area contributed by atoms with Crippen LogP contribution >= 0.6 is 0 Å². The molecule has 0 N–H and O–H groups in total. The van der Waals surface area contributed by atoms with Gasteiger partial charge in [0.1, 0.15) is 0 Å². The predicted octanol–water partition coefficient (Wildman–Crippen LogP) is 4.31. The summed E-state index contributed by atoms with van der Waals surface area (Å²) in [5.41, 5.74) is 1.71. The standard InChI is InChI=1S/C12H22/c1-3-5-7-12-9-6-8-11(4-2)10-12/h10,12H,3-9H2,1-2H3. The van der Waals surface area contributed by atoms with Gasteiger partial charge in [-0.15, -0.1) is 0 Å². The molecule has 1 rings (SSSR count). The van der Waals surface area contributed by atoms with Gasteiger partial charge in [-0.3, -0.25) is 0 Å². The minimum absolute atomic E-state index is 0.925. The Morgan fingerprint density at radius 2 is 2.25 bits per heavy atom. The Kier molecular flexibility index (Phi) is 4.42. The summed E-state index contributed by atoms with van der Waals surface area (Å²) in [6.45, 7) is 4.57. The third-order valence-electron chi connectivity index (χ3n) is 2.93. The van der Waals surface area contributed by atoms with Gasteiger partial charge >= 0.3 is 0 Å². The van der Waals surface area contributed by atoms with Gasteiger partial charge < -0.3 is 0 Å². The van der Waals surface area contributed by atoms with Crippen molar-refractivity contribution in [1.29, 1.82) is 0 Å². The molecule has 1 unspecified atom stereocenters. The zero-order valence-corrected chi connectivity index (χ0v) is 8.60. The molecule has 0 fully saturated rings. The van der Waals surface area contributed by atoms with Gasteiger partial charge in [0.15, 0.2) is 0 Å². The van der Waals surface area contributed by atoms with Crippen LogP contribution in [0.4, 0.5) is 0 Å². The monoisotopic (exact) mass is 166 g/mol. The highest BCUT2D eigenvalue weighted by Crippen LogP contribution is 2.27. The van der Waals surface area contributed by atoms with Crippen LogP contribution in [-0.2, 0) is 0 Å². The first-order valence-corrected chi connectivity index (χ1v) is 5.56. The lowest BCUT2D eigenvalue weighted by Gasteiger charge is -2.20. The van der Waals surface area contributed by atoms with Crippen molar-refractivity contribution < 1.29 is 0 Å². The molecule has 0 spiro atoms. The van der Waals surface area contributed by atoms with Crippen LogP contribution in [0.5, 0.6) is 0 Å². The van der Waals surface area contributed by atoms with E-state index < -0.39 is 0 Å². The van der Waals surface area contributed by atoms with E-state index in [1.54, 1.807) is 5.57 Å². The van der Waals surface area contributed by atoms with Gasteiger partial charge in [-0.2, -0.15) is 0 Å². The van der Waals surface area contributed by atoms with Crippen LogP contribution in [0.3, 0.4) is 0 Å². The van der Waals surface area contributed by atoms with Crippen molar-refractivity contribution in [3.63, 3.8) is 0 Å². The van der Waals surface area contributed by atoms with Crippen molar-refractivity contribution in [3.8, 4) is 0 Å². The highest BCUT2D eigenvalue weighted by atomic mass is 14.2. The zero-order chi connectivity index (χ0) is 8.81. The van der Waals surface area contributed by atoms with Crippen molar-refractivity contribution in [2.75, 3.05) is 0 Å². The molecule has 1 aliphatic rings. The van der Waals surface area contributed by atoms with Gasteiger partial charge in [-0.1, -0.05) is 38.3 Å². The second-order valence-corrected chi connectivity index (χ2v) is 3.97. The maximum absolute atomic E-state index is 2.55. The third kappa shape index (κ3) is 3.00. The fourth-order valence-corrected chi connectivity index (χ4v) is 2.08. The van der Waals surface area contributed by atoms with Gasteiger partial charge in [-0.05, 0) is 38.0 Å².